The molecule has 152 valence electrons. The van der Waals surface area contributed by atoms with Gasteiger partial charge in [-0.2, -0.15) is 0 Å². The lowest BCUT2D eigenvalue weighted by Gasteiger charge is -2.20. The van der Waals surface area contributed by atoms with Gasteiger partial charge in [0.2, 0.25) is 0 Å². The highest BCUT2D eigenvalue weighted by Crippen LogP contribution is 2.27. The second-order valence-corrected chi connectivity index (χ2v) is 7.72. The smallest absolute Gasteiger partial charge is 0.131 e. The summed E-state index contributed by atoms with van der Waals surface area (Å²) in [4.78, 5) is 0. The summed E-state index contributed by atoms with van der Waals surface area (Å²) in [5.74, 6) is 0.280. The van der Waals surface area contributed by atoms with Gasteiger partial charge < -0.3 is 10.1 Å². The summed E-state index contributed by atoms with van der Waals surface area (Å²) in [6, 6.07) is 20.7. The second kappa shape index (κ2) is 10.6. The Morgan fingerprint density at radius 3 is 2.52 bits per heavy atom. The quantitative estimate of drug-likeness (QED) is 0.382. The number of nitrogens with one attached hydrogen (secondary N) is 1. The third-order valence-electron chi connectivity index (χ3n) is 4.77. The van der Waals surface area contributed by atoms with Crippen LogP contribution in [-0.2, 0) is 13.2 Å². The van der Waals surface area contributed by atoms with Crippen molar-refractivity contribution in [2.45, 2.75) is 39.0 Å². The van der Waals surface area contributed by atoms with Crippen molar-refractivity contribution in [1.82, 2.24) is 5.32 Å². The average Bonchev–Trinajstić information content (AvgIpc) is 2.72. The van der Waals surface area contributed by atoms with Gasteiger partial charge in [0.05, 0.1) is 5.02 Å². The van der Waals surface area contributed by atoms with Crippen LogP contribution in [0.1, 0.15) is 42.5 Å². The predicted octanol–water partition coefficient (Wildman–Crippen LogP) is 7.34. The lowest BCUT2D eigenvalue weighted by atomic mass is 10.0. The summed E-state index contributed by atoms with van der Waals surface area (Å²) in [5, 5.41) is 4.59. The van der Waals surface area contributed by atoms with E-state index in [1.54, 1.807) is 18.2 Å². The molecule has 0 amide bonds. The number of halogens is 3. The van der Waals surface area contributed by atoms with Crippen molar-refractivity contribution in [2.24, 2.45) is 0 Å². The Labute approximate surface area is 181 Å². The van der Waals surface area contributed by atoms with Crippen LogP contribution in [-0.4, -0.2) is 0 Å². The molecule has 0 saturated heterocycles. The maximum atomic E-state index is 14.0. The van der Waals surface area contributed by atoms with E-state index in [1.807, 2.05) is 30.3 Å². The first-order valence-electron chi connectivity index (χ1n) is 9.71. The van der Waals surface area contributed by atoms with E-state index in [9.17, 15) is 4.39 Å². The Hall–Kier alpha value is -2.07. The van der Waals surface area contributed by atoms with Gasteiger partial charge in [-0.1, -0.05) is 72.9 Å². The fraction of sp³-hybridized carbons (Fsp3) is 0.250. The van der Waals surface area contributed by atoms with Crippen molar-refractivity contribution in [3.8, 4) is 5.75 Å². The normalized spacial score (nSPS) is 12.0. The van der Waals surface area contributed by atoms with E-state index in [0.29, 0.717) is 27.9 Å². The van der Waals surface area contributed by atoms with Gasteiger partial charge in [0.15, 0.2) is 0 Å². The summed E-state index contributed by atoms with van der Waals surface area (Å²) in [5.41, 5.74) is 2.51. The van der Waals surface area contributed by atoms with Crippen LogP contribution in [0.4, 0.5) is 4.39 Å². The van der Waals surface area contributed by atoms with Crippen molar-refractivity contribution in [3.05, 3.63) is 99.3 Å². The highest BCUT2D eigenvalue weighted by molar-refractivity contribution is 6.31. The SMILES string of the molecule is CCCC(NCc1cc(Cl)ccc1OCc1c(F)cccc1Cl)c1ccccc1. The van der Waals surface area contributed by atoms with Crippen LogP contribution >= 0.6 is 23.2 Å². The molecule has 0 heterocycles. The van der Waals surface area contributed by atoms with E-state index in [0.717, 1.165) is 18.4 Å². The Morgan fingerprint density at radius 1 is 1.00 bits per heavy atom. The molecule has 0 radical (unpaired) electrons. The van der Waals surface area contributed by atoms with Gasteiger partial charge in [0.1, 0.15) is 18.2 Å². The molecule has 0 aliphatic carbocycles. The Kier molecular flexibility index (Phi) is 7.93. The first-order valence-corrected chi connectivity index (χ1v) is 10.5. The van der Waals surface area contributed by atoms with E-state index >= 15 is 0 Å². The molecule has 0 saturated carbocycles. The first-order chi connectivity index (χ1) is 14.1. The monoisotopic (exact) mass is 431 g/mol. The highest BCUT2D eigenvalue weighted by atomic mass is 35.5. The summed E-state index contributed by atoms with van der Waals surface area (Å²) >= 11 is 12.3. The molecule has 0 spiro atoms. The van der Waals surface area contributed by atoms with Gasteiger partial charge in [-0.05, 0) is 42.3 Å². The van der Waals surface area contributed by atoms with E-state index in [1.165, 1.54) is 11.6 Å². The van der Waals surface area contributed by atoms with E-state index in [2.05, 4.69) is 24.4 Å². The van der Waals surface area contributed by atoms with Crippen LogP contribution in [0.15, 0.2) is 66.7 Å². The molecule has 2 nitrogen and oxygen atoms in total. The number of ether oxygens (including phenoxy) is 1. The van der Waals surface area contributed by atoms with Gasteiger partial charge in [-0.15, -0.1) is 0 Å². The largest absolute Gasteiger partial charge is 0.488 e. The lowest BCUT2D eigenvalue weighted by Crippen LogP contribution is -2.21. The summed E-state index contributed by atoms with van der Waals surface area (Å²) < 4.78 is 20.0. The molecule has 3 rings (SSSR count). The molecule has 1 unspecified atom stereocenters. The van der Waals surface area contributed by atoms with Gasteiger partial charge in [0, 0.05) is 28.7 Å². The first kappa shape index (κ1) is 21.6. The van der Waals surface area contributed by atoms with Crippen LogP contribution in [0.3, 0.4) is 0 Å². The molecule has 3 aromatic rings. The minimum Gasteiger partial charge on any atom is -0.488 e. The van der Waals surface area contributed by atoms with Crippen molar-refractivity contribution in [3.63, 3.8) is 0 Å². The Balaban J connectivity index is 1.74. The molecule has 0 fully saturated rings. The number of rotatable bonds is 9. The van der Waals surface area contributed by atoms with Crippen LogP contribution < -0.4 is 10.1 Å². The predicted molar refractivity (Wildman–Crippen MR) is 118 cm³/mol. The molecule has 0 aliphatic rings. The number of hydrogen-bond acceptors (Lipinski definition) is 2. The van der Waals surface area contributed by atoms with Crippen LogP contribution in [0.25, 0.3) is 0 Å². The summed E-state index contributed by atoms with van der Waals surface area (Å²) in [6.07, 6.45) is 2.09. The molecular formula is C24H24Cl2FNO. The van der Waals surface area contributed by atoms with E-state index in [4.69, 9.17) is 27.9 Å². The van der Waals surface area contributed by atoms with Gasteiger partial charge in [-0.3, -0.25) is 0 Å². The van der Waals surface area contributed by atoms with Crippen molar-refractivity contribution in [2.75, 3.05) is 0 Å². The van der Waals surface area contributed by atoms with E-state index < -0.39 is 0 Å². The average molecular weight is 432 g/mol. The molecule has 1 N–H and O–H groups in total. The second-order valence-electron chi connectivity index (χ2n) is 6.87. The zero-order valence-corrected chi connectivity index (χ0v) is 17.8. The molecule has 29 heavy (non-hydrogen) atoms. The zero-order chi connectivity index (χ0) is 20.6. The minimum absolute atomic E-state index is 0.0528. The summed E-state index contributed by atoms with van der Waals surface area (Å²) in [7, 11) is 0. The van der Waals surface area contributed by atoms with Crippen LogP contribution in [0.5, 0.6) is 5.75 Å². The molecule has 1 atom stereocenters. The number of benzene rings is 3. The van der Waals surface area contributed by atoms with Gasteiger partial charge in [-0.25, -0.2) is 4.39 Å². The topological polar surface area (TPSA) is 21.3 Å². The minimum atomic E-state index is -0.377. The fourth-order valence-corrected chi connectivity index (χ4v) is 3.65. The Bertz CT molecular complexity index is 913. The van der Waals surface area contributed by atoms with Crippen molar-refractivity contribution in [1.29, 1.82) is 0 Å². The third kappa shape index (κ3) is 5.96. The molecule has 3 aromatic carbocycles. The fourth-order valence-electron chi connectivity index (χ4n) is 3.24. The van der Waals surface area contributed by atoms with Crippen LogP contribution in [0, 0.1) is 5.82 Å². The van der Waals surface area contributed by atoms with Gasteiger partial charge >= 0.3 is 0 Å². The zero-order valence-electron chi connectivity index (χ0n) is 16.3. The molecule has 5 heteroatoms. The van der Waals surface area contributed by atoms with Crippen molar-refractivity contribution < 1.29 is 9.13 Å². The standard InChI is InChI=1S/C24H24Cl2FNO/c1-2-7-23(17-8-4-3-5-9-17)28-15-18-14-19(25)12-13-24(18)29-16-20-21(26)10-6-11-22(20)27/h3-6,8-14,23,28H,2,7,15-16H2,1H3. The highest BCUT2D eigenvalue weighted by Gasteiger charge is 2.13. The van der Waals surface area contributed by atoms with Crippen LogP contribution in [0.2, 0.25) is 10.0 Å². The molecule has 0 aromatic heterocycles. The lowest BCUT2D eigenvalue weighted by molar-refractivity contribution is 0.295. The molecular weight excluding hydrogens is 408 g/mol. The maximum Gasteiger partial charge on any atom is 0.131 e. The molecule has 0 bridgehead atoms. The third-order valence-corrected chi connectivity index (χ3v) is 5.36. The Morgan fingerprint density at radius 2 is 1.79 bits per heavy atom. The summed E-state index contributed by atoms with van der Waals surface area (Å²) in [6.45, 7) is 2.81. The number of hydrogen-bond donors (Lipinski definition) is 1. The molecule has 0 aliphatic heterocycles. The van der Waals surface area contributed by atoms with Gasteiger partial charge in [0.25, 0.3) is 0 Å². The van der Waals surface area contributed by atoms with Crippen molar-refractivity contribution >= 4 is 23.2 Å². The van der Waals surface area contributed by atoms with E-state index in [-0.39, 0.29) is 18.5 Å². The maximum absolute atomic E-state index is 14.0.